The Morgan fingerprint density at radius 2 is 2.12 bits per heavy atom. The van der Waals surface area contributed by atoms with Crippen LogP contribution in [-0.4, -0.2) is 24.1 Å². The van der Waals surface area contributed by atoms with Crippen molar-refractivity contribution in [3.63, 3.8) is 0 Å². The number of nitrogens with zero attached hydrogens (tertiary/aromatic N) is 1. The molecule has 17 heavy (non-hydrogen) atoms. The lowest BCUT2D eigenvalue weighted by molar-refractivity contribution is -0.117. The SMILES string of the molecule is NCC1CC(=O)N(c2cc(O)c(F)cc2F)C1. The number of hydrogen-bond donors (Lipinski definition) is 2. The molecular weight excluding hydrogens is 230 g/mol. The maximum Gasteiger partial charge on any atom is 0.227 e. The number of aromatic hydroxyl groups is 1. The van der Waals surface area contributed by atoms with Gasteiger partial charge in [-0.05, 0) is 12.5 Å². The van der Waals surface area contributed by atoms with Crippen molar-refractivity contribution in [1.29, 1.82) is 0 Å². The van der Waals surface area contributed by atoms with Crippen LogP contribution in [0.1, 0.15) is 6.42 Å². The maximum absolute atomic E-state index is 13.5. The van der Waals surface area contributed by atoms with Gasteiger partial charge in [0.1, 0.15) is 5.82 Å². The van der Waals surface area contributed by atoms with E-state index in [1.54, 1.807) is 0 Å². The van der Waals surface area contributed by atoms with Gasteiger partial charge in [0.25, 0.3) is 0 Å². The highest BCUT2D eigenvalue weighted by molar-refractivity contribution is 5.96. The molecule has 1 aliphatic heterocycles. The summed E-state index contributed by atoms with van der Waals surface area (Å²) in [5.74, 6) is -2.90. The minimum atomic E-state index is -1.05. The normalized spacial score (nSPS) is 20.1. The number of nitrogens with two attached hydrogens (primary N) is 1. The molecule has 92 valence electrons. The number of anilines is 1. The lowest BCUT2D eigenvalue weighted by atomic mass is 10.1. The predicted molar refractivity (Wildman–Crippen MR) is 57.5 cm³/mol. The lowest BCUT2D eigenvalue weighted by Crippen LogP contribution is -2.26. The predicted octanol–water partition coefficient (Wildman–Crippen LogP) is 0.982. The second kappa shape index (κ2) is 4.29. The van der Waals surface area contributed by atoms with Crippen LogP contribution in [0.15, 0.2) is 12.1 Å². The van der Waals surface area contributed by atoms with E-state index in [1.165, 1.54) is 4.90 Å². The van der Waals surface area contributed by atoms with Crippen molar-refractivity contribution < 1.29 is 18.7 Å². The topological polar surface area (TPSA) is 66.6 Å². The molecule has 1 atom stereocenters. The van der Waals surface area contributed by atoms with Crippen molar-refractivity contribution in [2.24, 2.45) is 11.7 Å². The molecule has 4 nitrogen and oxygen atoms in total. The molecule has 0 aliphatic carbocycles. The van der Waals surface area contributed by atoms with Gasteiger partial charge in [0.15, 0.2) is 11.6 Å². The molecule has 1 unspecified atom stereocenters. The third-order valence-corrected chi connectivity index (χ3v) is 2.85. The van der Waals surface area contributed by atoms with E-state index in [4.69, 9.17) is 5.73 Å². The number of phenols is 1. The molecule has 0 aromatic heterocycles. The molecule has 0 saturated carbocycles. The second-order valence-electron chi connectivity index (χ2n) is 4.07. The molecule has 2 rings (SSSR count). The minimum absolute atomic E-state index is 0.0332. The Labute approximate surface area is 96.6 Å². The first-order valence-corrected chi connectivity index (χ1v) is 5.21. The number of carbonyl (C=O) groups excluding carboxylic acids is 1. The molecule has 1 aliphatic rings. The third-order valence-electron chi connectivity index (χ3n) is 2.85. The van der Waals surface area contributed by atoms with Crippen molar-refractivity contribution in [2.45, 2.75) is 6.42 Å². The zero-order chi connectivity index (χ0) is 12.6. The van der Waals surface area contributed by atoms with Crippen LogP contribution in [-0.2, 0) is 4.79 Å². The van der Waals surface area contributed by atoms with Gasteiger partial charge in [-0.15, -0.1) is 0 Å². The second-order valence-corrected chi connectivity index (χ2v) is 4.07. The first kappa shape index (κ1) is 11.8. The van der Waals surface area contributed by atoms with Crippen LogP contribution in [0, 0.1) is 17.6 Å². The van der Waals surface area contributed by atoms with E-state index >= 15 is 0 Å². The molecular formula is C11H12F2N2O2. The fourth-order valence-electron chi connectivity index (χ4n) is 1.91. The van der Waals surface area contributed by atoms with E-state index in [2.05, 4.69) is 0 Å². The molecule has 1 amide bonds. The fraction of sp³-hybridized carbons (Fsp3) is 0.364. The third kappa shape index (κ3) is 2.08. The zero-order valence-electron chi connectivity index (χ0n) is 8.99. The molecule has 6 heteroatoms. The number of halogens is 2. The van der Waals surface area contributed by atoms with E-state index in [0.29, 0.717) is 12.6 Å². The summed E-state index contributed by atoms with van der Waals surface area (Å²) in [4.78, 5) is 12.8. The number of phenolic OH excluding ortho intramolecular Hbond substituents is 1. The van der Waals surface area contributed by atoms with Crippen molar-refractivity contribution in [1.82, 2.24) is 0 Å². The summed E-state index contributed by atoms with van der Waals surface area (Å²) in [5, 5.41) is 9.19. The van der Waals surface area contributed by atoms with Gasteiger partial charge < -0.3 is 15.7 Å². The van der Waals surface area contributed by atoms with Gasteiger partial charge in [-0.25, -0.2) is 8.78 Å². The maximum atomic E-state index is 13.5. The molecule has 0 radical (unpaired) electrons. The largest absolute Gasteiger partial charge is 0.505 e. The minimum Gasteiger partial charge on any atom is -0.505 e. The van der Waals surface area contributed by atoms with Gasteiger partial charge >= 0.3 is 0 Å². The molecule has 0 spiro atoms. The highest BCUT2D eigenvalue weighted by atomic mass is 19.1. The van der Waals surface area contributed by atoms with E-state index in [1.807, 2.05) is 0 Å². The Morgan fingerprint density at radius 3 is 2.71 bits per heavy atom. The molecule has 1 heterocycles. The Kier molecular flexibility index (Phi) is 2.97. The Bertz CT molecular complexity index is 465. The summed E-state index contributed by atoms with van der Waals surface area (Å²) in [6.07, 6.45) is 0.244. The number of rotatable bonds is 2. The van der Waals surface area contributed by atoms with Crippen LogP contribution in [0.3, 0.4) is 0 Å². The average Bonchev–Trinajstić information content (AvgIpc) is 2.65. The number of amides is 1. The van der Waals surface area contributed by atoms with Crippen molar-refractivity contribution in [3.05, 3.63) is 23.8 Å². The van der Waals surface area contributed by atoms with Gasteiger partial charge in [0, 0.05) is 25.1 Å². The molecule has 1 aromatic rings. The number of benzene rings is 1. The summed E-state index contributed by atoms with van der Waals surface area (Å²) < 4.78 is 26.4. The molecule has 3 N–H and O–H groups in total. The van der Waals surface area contributed by atoms with E-state index in [-0.39, 0.29) is 30.5 Å². The standard InChI is InChI=1S/C11H12F2N2O2/c12-7-2-8(13)10(16)3-9(7)15-5-6(4-14)1-11(15)17/h2-3,6,16H,1,4-5,14H2. The van der Waals surface area contributed by atoms with Gasteiger partial charge in [0.2, 0.25) is 5.91 Å². The van der Waals surface area contributed by atoms with Gasteiger partial charge in [-0.2, -0.15) is 0 Å². The van der Waals surface area contributed by atoms with Crippen molar-refractivity contribution >= 4 is 11.6 Å². The molecule has 1 aromatic carbocycles. The summed E-state index contributed by atoms with van der Waals surface area (Å²) in [6, 6.07) is 1.48. The van der Waals surface area contributed by atoms with E-state index in [0.717, 1.165) is 6.07 Å². The van der Waals surface area contributed by atoms with Crippen molar-refractivity contribution in [3.8, 4) is 5.75 Å². The van der Waals surface area contributed by atoms with Crippen molar-refractivity contribution in [2.75, 3.05) is 18.0 Å². The summed E-state index contributed by atoms with van der Waals surface area (Å²) in [6.45, 7) is 0.619. The van der Waals surface area contributed by atoms with Crippen LogP contribution < -0.4 is 10.6 Å². The van der Waals surface area contributed by atoms with Crippen LogP contribution in [0.25, 0.3) is 0 Å². The van der Waals surface area contributed by atoms with Gasteiger partial charge in [-0.3, -0.25) is 4.79 Å². The average molecular weight is 242 g/mol. The Hall–Kier alpha value is -1.69. The monoisotopic (exact) mass is 242 g/mol. The quantitative estimate of drug-likeness (QED) is 0.812. The molecule has 0 bridgehead atoms. The van der Waals surface area contributed by atoms with E-state index < -0.39 is 17.4 Å². The molecule has 1 fully saturated rings. The zero-order valence-corrected chi connectivity index (χ0v) is 8.99. The van der Waals surface area contributed by atoms with Crippen LogP contribution in [0.5, 0.6) is 5.75 Å². The number of hydrogen-bond acceptors (Lipinski definition) is 3. The fourth-order valence-corrected chi connectivity index (χ4v) is 1.91. The first-order valence-electron chi connectivity index (χ1n) is 5.21. The summed E-state index contributed by atoms with van der Waals surface area (Å²) in [5.41, 5.74) is 5.34. The van der Waals surface area contributed by atoms with Crippen LogP contribution >= 0.6 is 0 Å². The van der Waals surface area contributed by atoms with Gasteiger partial charge in [-0.1, -0.05) is 0 Å². The number of carbonyl (C=O) groups is 1. The highest BCUT2D eigenvalue weighted by Crippen LogP contribution is 2.31. The smallest absolute Gasteiger partial charge is 0.227 e. The lowest BCUT2D eigenvalue weighted by Gasteiger charge is -2.17. The summed E-state index contributed by atoms with van der Waals surface area (Å²) in [7, 11) is 0. The Balaban J connectivity index is 2.35. The van der Waals surface area contributed by atoms with Crippen LogP contribution in [0.4, 0.5) is 14.5 Å². The Morgan fingerprint density at radius 1 is 1.41 bits per heavy atom. The van der Waals surface area contributed by atoms with Gasteiger partial charge in [0.05, 0.1) is 5.69 Å². The van der Waals surface area contributed by atoms with Crippen LogP contribution in [0.2, 0.25) is 0 Å². The highest BCUT2D eigenvalue weighted by Gasteiger charge is 2.31. The molecule has 1 saturated heterocycles. The first-order chi connectivity index (χ1) is 8.02. The van der Waals surface area contributed by atoms with E-state index in [9.17, 15) is 18.7 Å². The summed E-state index contributed by atoms with van der Waals surface area (Å²) >= 11 is 0.